The Bertz CT molecular complexity index is 577. The number of hydrogen-bond donors (Lipinski definition) is 1. The lowest BCUT2D eigenvalue weighted by Gasteiger charge is -2.16. The zero-order valence-electron chi connectivity index (χ0n) is 11.2. The molecule has 1 atom stereocenters. The number of ether oxygens (including phenoxy) is 1. The Hall–Kier alpha value is -1.33. The van der Waals surface area contributed by atoms with E-state index in [4.69, 9.17) is 16.3 Å². The Morgan fingerprint density at radius 1 is 1.30 bits per heavy atom. The van der Waals surface area contributed by atoms with E-state index in [0.717, 1.165) is 5.75 Å². The summed E-state index contributed by atoms with van der Waals surface area (Å²) in [7, 11) is 0. The van der Waals surface area contributed by atoms with Crippen LogP contribution in [0, 0.1) is 6.92 Å². The van der Waals surface area contributed by atoms with Gasteiger partial charge in [0.25, 0.3) is 0 Å². The van der Waals surface area contributed by atoms with E-state index in [1.807, 2.05) is 38.1 Å². The van der Waals surface area contributed by atoms with Gasteiger partial charge in [-0.15, -0.1) is 0 Å². The summed E-state index contributed by atoms with van der Waals surface area (Å²) < 4.78 is 6.37. The number of aryl methyl sites for hydroxylation is 1. The van der Waals surface area contributed by atoms with E-state index < -0.39 is 0 Å². The average Bonchev–Trinajstić information content (AvgIpc) is 2.43. The van der Waals surface area contributed by atoms with Gasteiger partial charge < -0.3 is 10.1 Å². The first kappa shape index (κ1) is 15.1. The molecule has 2 aromatic rings. The molecule has 0 saturated carbocycles. The van der Waals surface area contributed by atoms with Gasteiger partial charge in [-0.05, 0) is 41.9 Å². The fourth-order valence-corrected chi connectivity index (χ4v) is 2.03. The minimum Gasteiger partial charge on any atom is -0.491 e. The van der Waals surface area contributed by atoms with Crippen molar-refractivity contribution in [3.63, 3.8) is 0 Å². The van der Waals surface area contributed by atoms with Crippen LogP contribution in [0.4, 0.5) is 5.82 Å². The summed E-state index contributed by atoms with van der Waals surface area (Å²) in [6.07, 6.45) is 1.42. The zero-order chi connectivity index (χ0) is 14.5. The molecular weight excluding hydrogens is 342 g/mol. The summed E-state index contributed by atoms with van der Waals surface area (Å²) >= 11 is 9.27. The van der Waals surface area contributed by atoms with Crippen LogP contribution in [0.2, 0.25) is 5.15 Å². The highest BCUT2D eigenvalue weighted by atomic mass is 79.9. The second-order valence-electron chi connectivity index (χ2n) is 4.50. The van der Waals surface area contributed by atoms with Gasteiger partial charge in [0.1, 0.15) is 29.7 Å². The predicted octanol–water partition coefficient (Wildman–Crippen LogP) is 4.08. The van der Waals surface area contributed by atoms with Crippen LogP contribution in [-0.4, -0.2) is 22.6 Å². The molecule has 20 heavy (non-hydrogen) atoms. The molecule has 0 aliphatic carbocycles. The Balaban J connectivity index is 1.91. The van der Waals surface area contributed by atoms with E-state index in [-0.39, 0.29) is 6.04 Å². The molecule has 1 aromatic heterocycles. The number of anilines is 1. The first-order valence-electron chi connectivity index (χ1n) is 6.18. The lowest BCUT2D eigenvalue weighted by molar-refractivity contribution is 0.303. The van der Waals surface area contributed by atoms with Gasteiger partial charge in [-0.2, -0.15) is 0 Å². The Kier molecular flexibility index (Phi) is 5.20. The van der Waals surface area contributed by atoms with Crippen LogP contribution in [0.1, 0.15) is 12.5 Å². The summed E-state index contributed by atoms with van der Waals surface area (Å²) in [6.45, 7) is 4.58. The Labute approximate surface area is 131 Å². The summed E-state index contributed by atoms with van der Waals surface area (Å²) in [6, 6.07) is 8.04. The molecule has 6 heteroatoms. The van der Waals surface area contributed by atoms with Crippen LogP contribution < -0.4 is 10.1 Å². The predicted molar refractivity (Wildman–Crippen MR) is 84.5 cm³/mol. The standard InChI is InChI=1S/C14H15BrClN3O/c1-9-3-5-11(6-4-9)20-7-10(2)19-14-12(15)13(16)17-8-18-14/h3-6,8,10H,7H2,1-2H3,(H,17,18,19). The molecule has 1 aromatic carbocycles. The fraction of sp³-hybridized carbons (Fsp3) is 0.286. The van der Waals surface area contributed by atoms with Gasteiger partial charge in [-0.25, -0.2) is 9.97 Å². The molecule has 0 fully saturated rings. The molecule has 0 amide bonds. The molecule has 1 unspecified atom stereocenters. The number of benzene rings is 1. The van der Waals surface area contributed by atoms with Gasteiger partial charge in [0.05, 0.1) is 10.5 Å². The van der Waals surface area contributed by atoms with Crippen molar-refractivity contribution in [3.8, 4) is 5.75 Å². The first-order valence-corrected chi connectivity index (χ1v) is 7.35. The Morgan fingerprint density at radius 2 is 2.00 bits per heavy atom. The van der Waals surface area contributed by atoms with Crippen LogP contribution in [0.15, 0.2) is 35.1 Å². The second kappa shape index (κ2) is 6.90. The number of rotatable bonds is 5. The summed E-state index contributed by atoms with van der Waals surface area (Å²) in [4.78, 5) is 8.02. The normalized spacial score (nSPS) is 12.0. The van der Waals surface area contributed by atoms with Gasteiger partial charge in [0, 0.05) is 0 Å². The second-order valence-corrected chi connectivity index (χ2v) is 5.65. The highest BCUT2D eigenvalue weighted by molar-refractivity contribution is 9.10. The molecule has 0 spiro atoms. The van der Waals surface area contributed by atoms with Crippen LogP contribution in [0.5, 0.6) is 5.75 Å². The maximum absolute atomic E-state index is 5.92. The monoisotopic (exact) mass is 355 g/mol. The Morgan fingerprint density at radius 3 is 2.70 bits per heavy atom. The molecule has 1 N–H and O–H groups in total. The zero-order valence-corrected chi connectivity index (χ0v) is 13.6. The molecule has 0 radical (unpaired) electrons. The molecule has 0 bridgehead atoms. The fourth-order valence-electron chi connectivity index (χ4n) is 1.58. The van der Waals surface area contributed by atoms with Crippen molar-refractivity contribution in [2.24, 2.45) is 0 Å². The number of aromatic nitrogens is 2. The SMILES string of the molecule is Cc1ccc(OCC(C)Nc2ncnc(Cl)c2Br)cc1. The lowest BCUT2D eigenvalue weighted by atomic mass is 10.2. The highest BCUT2D eigenvalue weighted by Crippen LogP contribution is 2.26. The van der Waals surface area contributed by atoms with Crippen LogP contribution in [-0.2, 0) is 0 Å². The average molecular weight is 357 g/mol. The number of hydrogen-bond acceptors (Lipinski definition) is 4. The maximum atomic E-state index is 5.92. The number of nitrogens with zero attached hydrogens (tertiary/aromatic N) is 2. The van der Waals surface area contributed by atoms with Gasteiger partial charge in [0.15, 0.2) is 0 Å². The highest BCUT2D eigenvalue weighted by Gasteiger charge is 2.10. The molecule has 4 nitrogen and oxygen atoms in total. The van der Waals surface area contributed by atoms with E-state index in [9.17, 15) is 0 Å². The summed E-state index contributed by atoms with van der Waals surface area (Å²) in [5.41, 5.74) is 1.21. The van der Waals surface area contributed by atoms with Crippen molar-refractivity contribution in [2.75, 3.05) is 11.9 Å². The van der Waals surface area contributed by atoms with E-state index in [1.165, 1.54) is 11.9 Å². The van der Waals surface area contributed by atoms with E-state index >= 15 is 0 Å². The first-order chi connectivity index (χ1) is 9.56. The largest absolute Gasteiger partial charge is 0.491 e. The minimum atomic E-state index is 0.0820. The molecule has 1 heterocycles. The number of nitrogens with one attached hydrogen (secondary N) is 1. The number of halogens is 2. The van der Waals surface area contributed by atoms with Crippen molar-refractivity contribution in [1.29, 1.82) is 0 Å². The molecule has 0 aliphatic heterocycles. The topological polar surface area (TPSA) is 47.0 Å². The third-order valence-electron chi connectivity index (χ3n) is 2.65. The third-order valence-corrected chi connectivity index (χ3v) is 3.92. The quantitative estimate of drug-likeness (QED) is 0.820. The van der Waals surface area contributed by atoms with E-state index in [0.29, 0.717) is 22.1 Å². The molecule has 0 saturated heterocycles. The van der Waals surface area contributed by atoms with Crippen LogP contribution >= 0.6 is 27.5 Å². The third kappa shape index (κ3) is 4.08. The van der Waals surface area contributed by atoms with Gasteiger partial charge in [0.2, 0.25) is 0 Å². The molecular formula is C14H15BrClN3O. The van der Waals surface area contributed by atoms with E-state index in [1.54, 1.807) is 0 Å². The van der Waals surface area contributed by atoms with Crippen LogP contribution in [0.3, 0.4) is 0 Å². The summed E-state index contributed by atoms with van der Waals surface area (Å²) in [5.74, 6) is 1.51. The lowest BCUT2D eigenvalue weighted by Crippen LogP contribution is -2.24. The van der Waals surface area contributed by atoms with Gasteiger partial charge in [-0.1, -0.05) is 29.3 Å². The van der Waals surface area contributed by atoms with Crippen LogP contribution in [0.25, 0.3) is 0 Å². The van der Waals surface area contributed by atoms with Crippen molar-refractivity contribution in [1.82, 2.24) is 9.97 Å². The molecule has 106 valence electrons. The van der Waals surface area contributed by atoms with Gasteiger partial charge >= 0.3 is 0 Å². The van der Waals surface area contributed by atoms with E-state index in [2.05, 4.69) is 31.2 Å². The van der Waals surface area contributed by atoms with Crippen molar-refractivity contribution < 1.29 is 4.74 Å². The van der Waals surface area contributed by atoms with Crippen molar-refractivity contribution >= 4 is 33.3 Å². The van der Waals surface area contributed by atoms with Gasteiger partial charge in [-0.3, -0.25) is 0 Å². The minimum absolute atomic E-state index is 0.0820. The molecule has 0 aliphatic rings. The summed E-state index contributed by atoms with van der Waals surface area (Å²) in [5, 5.41) is 3.61. The maximum Gasteiger partial charge on any atom is 0.148 e. The van der Waals surface area contributed by atoms with Crippen molar-refractivity contribution in [3.05, 3.63) is 45.8 Å². The smallest absolute Gasteiger partial charge is 0.148 e. The van der Waals surface area contributed by atoms with Crippen molar-refractivity contribution in [2.45, 2.75) is 19.9 Å². The molecule has 2 rings (SSSR count).